The largest absolute Gasteiger partial charge is 0.484 e. The zero-order valence-corrected chi connectivity index (χ0v) is 19.6. The molecule has 0 aromatic heterocycles. The lowest BCUT2D eigenvalue weighted by Gasteiger charge is -2.13. The van der Waals surface area contributed by atoms with Crippen LogP contribution in [0.1, 0.15) is 18.9 Å². The smallest absolute Gasteiger partial charge is 0.266 e. The van der Waals surface area contributed by atoms with E-state index in [0.29, 0.717) is 22.4 Å². The Hall–Kier alpha value is -3.84. The number of para-hydroxylation sites is 2. The first-order chi connectivity index (χ1) is 16.6. The minimum absolute atomic E-state index is 0.0422. The highest BCUT2D eigenvalue weighted by atomic mass is 32.2. The molecule has 0 bridgehead atoms. The zero-order valence-electron chi connectivity index (χ0n) is 18.8. The van der Waals surface area contributed by atoms with Crippen LogP contribution < -0.4 is 10.1 Å². The molecule has 0 aliphatic carbocycles. The van der Waals surface area contributed by atoms with Crippen LogP contribution in [-0.4, -0.2) is 35.0 Å². The average Bonchev–Trinajstić information content (AvgIpc) is 3.14. The fraction of sp³-hybridized carbons (Fsp3) is 0.148. The molecule has 7 heteroatoms. The second-order valence-corrected chi connectivity index (χ2v) is 8.58. The summed E-state index contributed by atoms with van der Waals surface area (Å²) in [6.45, 7) is 2.57. The number of rotatable bonds is 8. The van der Waals surface area contributed by atoms with E-state index in [4.69, 9.17) is 4.74 Å². The molecule has 1 fully saturated rings. The van der Waals surface area contributed by atoms with Crippen LogP contribution in [0.2, 0.25) is 0 Å². The van der Waals surface area contributed by atoms with Crippen molar-refractivity contribution >= 4 is 46.2 Å². The molecule has 3 aromatic carbocycles. The summed E-state index contributed by atoms with van der Waals surface area (Å²) in [6.07, 6.45) is 2.70. The Morgan fingerprint density at radius 3 is 2.35 bits per heavy atom. The number of amides is 2. The average molecular weight is 472 g/mol. The molecule has 0 unspecified atom stereocenters. The first kappa shape index (κ1) is 23.3. The van der Waals surface area contributed by atoms with Crippen molar-refractivity contribution in [3.05, 3.63) is 95.4 Å². The number of ether oxygens (including phenoxy) is 1. The van der Waals surface area contributed by atoms with Crippen LogP contribution in [0, 0.1) is 0 Å². The molecule has 0 saturated carbocycles. The summed E-state index contributed by atoms with van der Waals surface area (Å²) >= 11 is 1.38. The highest BCUT2D eigenvalue weighted by molar-refractivity contribution is 8.18. The molecule has 0 radical (unpaired) electrons. The summed E-state index contributed by atoms with van der Waals surface area (Å²) in [7, 11) is 0. The number of anilines is 1. The summed E-state index contributed by atoms with van der Waals surface area (Å²) in [5.41, 5.74) is 2.41. The number of carbonyl (C=O) groups is 2. The number of amidine groups is 1. The van der Waals surface area contributed by atoms with Crippen molar-refractivity contribution in [2.24, 2.45) is 4.99 Å². The van der Waals surface area contributed by atoms with Crippen LogP contribution in [0.25, 0.3) is 6.08 Å². The van der Waals surface area contributed by atoms with Gasteiger partial charge in [-0.3, -0.25) is 14.5 Å². The van der Waals surface area contributed by atoms with Gasteiger partial charge in [-0.15, -0.1) is 0 Å². The summed E-state index contributed by atoms with van der Waals surface area (Å²) in [5, 5.41) is 3.47. The quantitative estimate of drug-likeness (QED) is 0.427. The second kappa shape index (κ2) is 11.3. The maximum Gasteiger partial charge on any atom is 0.266 e. The number of aliphatic imine (C=N–C) groups is 1. The van der Waals surface area contributed by atoms with Crippen molar-refractivity contribution in [1.82, 2.24) is 4.90 Å². The lowest BCUT2D eigenvalue weighted by atomic mass is 10.2. The van der Waals surface area contributed by atoms with Gasteiger partial charge in [0.1, 0.15) is 5.75 Å². The van der Waals surface area contributed by atoms with Gasteiger partial charge in [-0.1, -0.05) is 55.5 Å². The van der Waals surface area contributed by atoms with E-state index in [-0.39, 0.29) is 18.4 Å². The standard InChI is InChI=1S/C27H25N3O3S/c1-2-17-30-26(32)24(34-27(30)29-22-11-7-4-8-12-22)18-20-13-15-23(16-14-20)33-19-25(31)28-21-9-5-3-6-10-21/h3-16,18H,2,17,19H2,1H3,(H,28,31)/b24-18+,29-27?. The van der Waals surface area contributed by atoms with Crippen molar-refractivity contribution in [3.8, 4) is 5.75 Å². The highest BCUT2D eigenvalue weighted by Crippen LogP contribution is 2.34. The van der Waals surface area contributed by atoms with E-state index in [1.807, 2.05) is 85.8 Å². The van der Waals surface area contributed by atoms with E-state index in [1.165, 1.54) is 11.8 Å². The van der Waals surface area contributed by atoms with Gasteiger partial charge in [0.05, 0.1) is 10.6 Å². The first-order valence-electron chi connectivity index (χ1n) is 11.1. The van der Waals surface area contributed by atoms with Gasteiger partial charge in [0.2, 0.25) is 0 Å². The van der Waals surface area contributed by atoms with Crippen LogP contribution in [-0.2, 0) is 9.59 Å². The second-order valence-electron chi connectivity index (χ2n) is 7.57. The normalized spacial score (nSPS) is 15.7. The third-order valence-corrected chi connectivity index (χ3v) is 5.93. The van der Waals surface area contributed by atoms with Crippen molar-refractivity contribution in [3.63, 3.8) is 0 Å². The number of nitrogens with one attached hydrogen (secondary N) is 1. The first-order valence-corrected chi connectivity index (χ1v) is 11.9. The van der Waals surface area contributed by atoms with Gasteiger partial charge in [0, 0.05) is 12.2 Å². The molecule has 172 valence electrons. The monoisotopic (exact) mass is 471 g/mol. The van der Waals surface area contributed by atoms with Gasteiger partial charge in [-0.05, 0) is 66.2 Å². The van der Waals surface area contributed by atoms with Crippen LogP contribution in [0.4, 0.5) is 11.4 Å². The molecule has 1 N–H and O–H groups in total. The van der Waals surface area contributed by atoms with Crippen molar-refractivity contribution in [2.45, 2.75) is 13.3 Å². The number of hydrogen-bond donors (Lipinski definition) is 1. The maximum atomic E-state index is 13.0. The van der Waals surface area contributed by atoms with E-state index in [2.05, 4.69) is 10.3 Å². The molecule has 2 amide bonds. The lowest BCUT2D eigenvalue weighted by molar-refractivity contribution is -0.122. The van der Waals surface area contributed by atoms with Crippen molar-refractivity contribution < 1.29 is 14.3 Å². The van der Waals surface area contributed by atoms with Gasteiger partial charge in [-0.25, -0.2) is 4.99 Å². The predicted octanol–water partition coefficient (Wildman–Crippen LogP) is 5.72. The Labute approximate surface area is 203 Å². The minimum Gasteiger partial charge on any atom is -0.484 e. The third-order valence-electron chi connectivity index (χ3n) is 4.92. The molecule has 0 spiro atoms. The predicted molar refractivity (Wildman–Crippen MR) is 138 cm³/mol. The molecule has 34 heavy (non-hydrogen) atoms. The summed E-state index contributed by atoms with van der Waals surface area (Å²) in [5.74, 6) is 0.306. The van der Waals surface area contributed by atoms with E-state index in [9.17, 15) is 9.59 Å². The molecule has 0 atom stereocenters. The Kier molecular flexibility index (Phi) is 7.78. The summed E-state index contributed by atoms with van der Waals surface area (Å²) in [4.78, 5) is 32.1. The lowest BCUT2D eigenvalue weighted by Crippen LogP contribution is -2.29. The third kappa shape index (κ3) is 6.14. The van der Waals surface area contributed by atoms with E-state index >= 15 is 0 Å². The van der Waals surface area contributed by atoms with Crippen LogP contribution in [0.5, 0.6) is 5.75 Å². The number of hydrogen-bond acceptors (Lipinski definition) is 5. The molecule has 4 rings (SSSR count). The number of nitrogens with zero attached hydrogens (tertiary/aromatic N) is 2. The Morgan fingerprint density at radius 1 is 1.00 bits per heavy atom. The van der Waals surface area contributed by atoms with Crippen molar-refractivity contribution in [1.29, 1.82) is 0 Å². The fourth-order valence-corrected chi connectivity index (χ4v) is 4.33. The van der Waals surface area contributed by atoms with Gasteiger partial charge < -0.3 is 10.1 Å². The fourth-order valence-electron chi connectivity index (χ4n) is 3.30. The zero-order chi connectivity index (χ0) is 23.8. The molecule has 1 saturated heterocycles. The van der Waals surface area contributed by atoms with E-state index in [1.54, 1.807) is 17.0 Å². The number of carbonyl (C=O) groups excluding carboxylic acids is 2. The van der Waals surface area contributed by atoms with Crippen LogP contribution >= 0.6 is 11.8 Å². The Bertz CT molecular complexity index is 1190. The Balaban J connectivity index is 1.40. The summed E-state index contributed by atoms with van der Waals surface area (Å²) < 4.78 is 5.59. The van der Waals surface area contributed by atoms with E-state index in [0.717, 1.165) is 23.4 Å². The molecule has 1 aliphatic rings. The minimum atomic E-state index is -0.230. The molecular weight excluding hydrogens is 446 g/mol. The SMILES string of the molecule is CCCN1C(=O)/C(=C\c2ccc(OCC(=O)Nc3ccccc3)cc2)SC1=Nc1ccccc1. The molecule has 1 aliphatic heterocycles. The Morgan fingerprint density at radius 2 is 1.68 bits per heavy atom. The van der Waals surface area contributed by atoms with E-state index < -0.39 is 0 Å². The molecule has 1 heterocycles. The topological polar surface area (TPSA) is 71.0 Å². The highest BCUT2D eigenvalue weighted by Gasteiger charge is 2.32. The van der Waals surface area contributed by atoms with Crippen molar-refractivity contribution in [2.75, 3.05) is 18.5 Å². The molecular formula is C27H25N3O3S. The number of benzene rings is 3. The van der Waals surface area contributed by atoms with Crippen LogP contribution in [0.3, 0.4) is 0 Å². The number of thioether (sulfide) groups is 1. The van der Waals surface area contributed by atoms with Gasteiger partial charge >= 0.3 is 0 Å². The molecule has 6 nitrogen and oxygen atoms in total. The summed E-state index contributed by atoms with van der Waals surface area (Å²) in [6, 6.07) is 26.2. The molecule has 3 aromatic rings. The van der Waals surface area contributed by atoms with Gasteiger partial charge in [-0.2, -0.15) is 0 Å². The van der Waals surface area contributed by atoms with Crippen LogP contribution in [0.15, 0.2) is 94.8 Å². The maximum absolute atomic E-state index is 13.0. The van der Waals surface area contributed by atoms with Gasteiger partial charge in [0.15, 0.2) is 11.8 Å². The van der Waals surface area contributed by atoms with Gasteiger partial charge in [0.25, 0.3) is 11.8 Å².